The number of nitrogens with one attached hydrogen (secondary N) is 1. The van der Waals surface area contributed by atoms with Crippen molar-refractivity contribution in [1.29, 1.82) is 0 Å². The molecule has 0 aromatic rings. The van der Waals surface area contributed by atoms with E-state index in [9.17, 15) is 0 Å². The molecule has 0 radical (unpaired) electrons. The van der Waals surface area contributed by atoms with Crippen LogP contribution >= 0.6 is 0 Å². The molecule has 3 unspecified atom stereocenters. The van der Waals surface area contributed by atoms with Crippen LogP contribution in [-0.4, -0.2) is 30.1 Å². The molecular formula is C16H29N3. The first-order chi connectivity index (χ1) is 9.29. The average Bonchev–Trinajstić information content (AvgIpc) is 2.69. The molecule has 2 aliphatic heterocycles. The molecule has 3 aliphatic rings. The zero-order valence-corrected chi connectivity index (χ0v) is 12.3. The summed E-state index contributed by atoms with van der Waals surface area (Å²) in [5.74, 6) is 6.68. The second-order valence-electron chi connectivity index (χ2n) is 6.80. The first-order valence-corrected chi connectivity index (χ1v) is 8.16. The highest BCUT2D eigenvalue weighted by Crippen LogP contribution is 2.40. The van der Waals surface area contributed by atoms with Gasteiger partial charge in [-0.05, 0) is 64.3 Å². The number of nitrogens with two attached hydrogens (primary N) is 1. The molecule has 0 amide bonds. The van der Waals surface area contributed by atoms with Crippen LogP contribution in [0.2, 0.25) is 0 Å². The standard InChI is InChI=1S/C16H29N3/c1-19-14-8-9-15(19)11-13(10-14)16(18-17)12-6-4-2-3-5-7-12/h6,13-16,18H,2-5,7-11,17H2,1H3. The van der Waals surface area contributed by atoms with Crippen molar-refractivity contribution in [3.05, 3.63) is 11.6 Å². The van der Waals surface area contributed by atoms with Crippen molar-refractivity contribution in [3.63, 3.8) is 0 Å². The Labute approximate surface area is 117 Å². The number of allylic oxidation sites excluding steroid dienone is 1. The largest absolute Gasteiger partial charge is 0.300 e. The van der Waals surface area contributed by atoms with Crippen LogP contribution in [0.1, 0.15) is 57.8 Å². The Kier molecular flexibility index (Phi) is 4.25. The van der Waals surface area contributed by atoms with Crippen LogP contribution in [0.5, 0.6) is 0 Å². The van der Waals surface area contributed by atoms with Crippen molar-refractivity contribution in [3.8, 4) is 0 Å². The zero-order chi connectivity index (χ0) is 13.2. The fraction of sp³-hybridized carbons (Fsp3) is 0.875. The highest BCUT2D eigenvalue weighted by atomic mass is 15.2. The number of piperidine rings is 1. The second kappa shape index (κ2) is 5.94. The summed E-state index contributed by atoms with van der Waals surface area (Å²) < 4.78 is 0. The maximum atomic E-state index is 5.93. The Morgan fingerprint density at radius 3 is 2.63 bits per heavy atom. The van der Waals surface area contributed by atoms with E-state index < -0.39 is 0 Å². The quantitative estimate of drug-likeness (QED) is 0.467. The van der Waals surface area contributed by atoms with Crippen molar-refractivity contribution >= 4 is 0 Å². The Hall–Kier alpha value is -0.380. The van der Waals surface area contributed by atoms with E-state index in [0.29, 0.717) is 6.04 Å². The maximum absolute atomic E-state index is 5.93. The van der Waals surface area contributed by atoms with E-state index in [4.69, 9.17) is 5.84 Å². The second-order valence-corrected chi connectivity index (χ2v) is 6.80. The maximum Gasteiger partial charge on any atom is 0.0449 e. The molecule has 3 heteroatoms. The van der Waals surface area contributed by atoms with Crippen molar-refractivity contribution in [2.45, 2.75) is 75.9 Å². The van der Waals surface area contributed by atoms with Gasteiger partial charge in [-0.15, -0.1) is 0 Å². The lowest BCUT2D eigenvalue weighted by Gasteiger charge is -2.40. The molecule has 0 aromatic heterocycles. The van der Waals surface area contributed by atoms with E-state index in [2.05, 4.69) is 23.4 Å². The van der Waals surface area contributed by atoms with Crippen LogP contribution in [0.3, 0.4) is 0 Å². The molecule has 3 N–H and O–H groups in total. The first kappa shape index (κ1) is 13.6. The van der Waals surface area contributed by atoms with E-state index in [1.165, 1.54) is 57.8 Å². The highest BCUT2D eigenvalue weighted by molar-refractivity contribution is 5.15. The van der Waals surface area contributed by atoms with Gasteiger partial charge in [-0.1, -0.05) is 18.1 Å². The van der Waals surface area contributed by atoms with Gasteiger partial charge >= 0.3 is 0 Å². The Morgan fingerprint density at radius 2 is 1.95 bits per heavy atom. The van der Waals surface area contributed by atoms with Gasteiger partial charge in [0.2, 0.25) is 0 Å². The minimum absolute atomic E-state index is 0.440. The molecule has 3 atom stereocenters. The predicted octanol–water partition coefficient (Wildman–Crippen LogP) is 2.58. The molecule has 2 heterocycles. The molecule has 3 nitrogen and oxygen atoms in total. The summed E-state index contributed by atoms with van der Waals surface area (Å²) in [6.07, 6.45) is 14.6. The average molecular weight is 263 g/mol. The van der Waals surface area contributed by atoms with E-state index in [0.717, 1.165) is 18.0 Å². The molecule has 1 aliphatic carbocycles. The Balaban J connectivity index is 1.70. The Morgan fingerprint density at radius 1 is 1.21 bits per heavy atom. The van der Waals surface area contributed by atoms with Gasteiger partial charge in [0.15, 0.2) is 0 Å². The third kappa shape index (κ3) is 2.74. The lowest BCUT2D eigenvalue weighted by molar-refractivity contribution is 0.118. The third-order valence-electron chi connectivity index (χ3n) is 5.76. The van der Waals surface area contributed by atoms with Gasteiger partial charge in [-0.2, -0.15) is 0 Å². The summed E-state index contributed by atoms with van der Waals surface area (Å²) in [7, 11) is 2.31. The van der Waals surface area contributed by atoms with Crippen molar-refractivity contribution < 1.29 is 0 Å². The molecule has 0 saturated carbocycles. The highest BCUT2D eigenvalue weighted by Gasteiger charge is 2.41. The fourth-order valence-corrected chi connectivity index (χ4v) is 4.59. The van der Waals surface area contributed by atoms with E-state index in [-0.39, 0.29) is 0 Å². The molecule has 19 heavy (non-hydrogen) atoms. The van der Waals surface area contributed by atoms with Gasteiger partial charge in [-0.3, -0.25) is 11.3 Å². The van der Waals surface area contributed by atoms with E-state index in [1.807, 2.05) is 0 Å². The number of nitrogens with zero attached hydrogens (tertiary/aromatic N) is 1. The van der Waals surface area contributed by atoms with Gasteiger partial charge in [0.1, 0.15) is 0 Å². The summed E-state index contributed by atoms with van der Waals surface area (Å²) in [6.45, 7) is 0. The monoisotopic (exact) mass is 263 g/mol. The number of rotatable bonds is 3. The van der Waals surface area contributed by atoms with Crippen molar-refractivity contribution in [2.75, 3.05) is 7.05 Å². The van der Waals surface area contributed by atoms with Gasteiger partial charge in [0, 0.05) is 18.1 Å². The van der Waals surface area contributed by atoms with Gasteiger partial charge in [0.05, 0.1) is 0 Å². The molecular weight excluding hydrogens is 234 g/mol. The molecule has 3 rings (SSSR count). The molecule has 2 bridgehead atoms. The topological polar surface area (TPSA) is 41.3 Å². The molecule has 0 spiro atoms. The molecule has 108 valence electrons. The van der Waals surface area contributed by atoms with Gasteiger partial charge in [0.25, 0.3) is 0 Å². The summed E-state index contributed by atoms with van der Waals surface area (Å²) >= 11 is 0. The minimum atomic E-state index is 0.440. The number of hydrogen-bond acceptors (Lipinski definition) is 3. The number of fused-ring (bicyclic) bond motifs is 2. The minimum Gasteiger partial charge on any atom is -0.300 e. The van der Waals surface area contributed by atoms with Crippen LogP contribution in [0.25, 0.3) is 0 Å². The van der Waals surface area contributed by atoms with Crippen molar-refractivity contribution in [1.82, 2.24) is 10.3 Å². The fourth-order valence-electron chi connectivity index (χ4n) is 4.59. The lowest BCUT2D eigenvalue weighted by Crippen LogP contribution is -2.49. The normalized spacial score (nSPS) is 37.8. The SMILES string of the molecule is CN1C2CCC1CC(C(NN)C1=CCCCCC1)C2. The lowest BCUT2D eigenvalue weighted by atomic mass is 9.81. The van der Waals surface area contributed by atoms with Crippen LogP contribution in [0.4, 0.5) is 0 Å². The predicted molar refractivity (Wildman–Crippen MR) is 79.6 cm³/mol. The van der Waals surface area contributed by atoms with Gasteiger partial charge < -0.3 is 4.90 Å². The van der Waals surface area contributed by atoms with Crippen LogP contribution in [-0.2, 0) is 0 Å². The zero-order valence-electron chi connectivity index (χ0n) is 12.3. The van der Waals surface area contributed by atoms with E-state index in [1.54, 1.807) is 5.57 Å². The third-order valence-corrected chi connectivity index (χ3v) is 5.76. The summed E-state index contributed by atoms with van der Waals surface area (Å²) in [5, 5.41) is 0. The van der Waals surface area contributed by atoms with Crippen molar-refractivity contribution in [2.24, 2.45) is 11.8 Å². The Bertz CT molecular complexity index is 325. The molecule has 2 saturated heterocycles. The van der Waals surface area contributed by atoms with Crippen LogP contribution in [0.15, 0.2) is 11.6 Å². The van der Waals surface area contributed by atoms with Gasteiger partial charge in [-0.25, -0.2) is 0 Å². The van der Waals surface area contributed by atoms with Crippen LogP contribution in [0, 0.1) is 5.92 Å². The molecule has 0 aromatic carbocycles. The number of hydrogen-bond donors (Lipinski definition) is 2. The summed E-state index contributed by atoms with van der Waals surface area (Å²) in [5.41, 5.74) is 4.77. The first-order valence-electron chi connectivity index (χ1n) is 8.16. The molecule has 2 fully saturated rings. The smallest absolute Gasteiger partial charge is 0.0449 e. The summed E-state index contributed by atoms with van der Waals surface area (Å²) in [6, 6.07) is 2.06. The number of hydrazine groups is 1. The van der Waals surface area contributed by atoms with E-state index >= 15 is 0 Å². The van der Waals surface area contributed by atoms with Crippen LogP contribution < -0.4 is 11.3 Å². The summed E-state index contributed by atoms with van der Waals surface area (Å²) in [4.78, 5) is 2.62.